The van der Waals surface area contributed by atoms with Crippen molar-refractivity contribution in [2.75, 3.05) is 6.54 Å². The molecule has 35 heavy (non-hydrogen) atoms. The van der Waals surface area contributed by atoms with Crippen molar-refractivity contribution >= 4 is 35.0 Å². The Bertz CT molecular complexity index is 1390. The molecule has 10 nitrogen and oxygen atoms in total. The fourth-order valence-electron chi connectivity index (χ4n) is 5.13. The first-order chi connectivity index (χ1) is 16.9. The zero-order valence-corrected chi connectivity index (χ0v) is 19.7. The zero-order valence-electron chi connectivity index (χ0n) is 18.9. The predicted octanol–water partition coefficient (Wildman–Crippen LogP) is 1.85. The number of rotatable bonds is 3. The first kappa shape index (κ1) is 21.7. The fourth-order valence-corrected chi connectivity index (χ4v) is 6.09. The number of fused-ring (bicyclic) bond motifs is 2. The fraction of sp³-hybridized carbons (Fsp3) is 0.333. The third kappa shape index (κ3) is 3.54. The van der Waals surface area contributed by atoms with Gasteiger partial charge in [0.2, 0.25) is 11.8 Å². The van der Waals surface area contributed by atoms with Gasteiger partial charge in [0.15, 0.2) is 5.69 Å². The molecular formula is C24H22N6O4S. The maximum atomic E-state index is 13.2. The van der Waals surface area contributed by atoms with Crippen LogP contribution in [-0.4, -0.2) is 61.0 Å². The normalized spacial score (nSPS) is 21.7. The number of carbonyl (C=O) groups excluding carboxylic acids is 4. The number of nitrogens with zero attached hydrogens (tertiary/aromatic N) is 5. The number of aromatic nitrogens is 3. The van der Waals surface area contributed by atoms with E-state index in [0.29, 0.717) is 24.2 Å². The number of amides is 4. The molecule has 0 saturated carbocycles. The summed E-state index contributed by atoms with van der Waals surface area (Å²) in [6.07, 6.45) is 2.96. The van der Waals surface area contributed by atoms with Crippen molar-refractivity contribution in [2.24, 2.45) is 0 Å². The minimum absolute atomic E-state index is 0.0214. The maximum absolute atomic E-state index is 13.2. The van der Waals surface area contributed by atoms with Crippen molar-refractivity contribution in [3.8, 4) is 5.69 Å². The van der Waals surface area contributed by atoms with Crippen LogP contribution in [0, 0.1) is 0 Å². The number of piperidine rings is 1. The second-order valence-corrected chi connectivity index (χ2v) is 10.0. The molecule has 1 N–H and O–H groups in total. The highest BCUT2D eigenvalue weighted by Gasteiger charge is 2.39. The van der Waals surface area contributed by atoms with E-state index in [0.717, 1.165) is 12.0 Å². The van der Waals surface area contributed by atoms with Crippen LogP contribution in [-0.2, 0) is 22.6 Å². The van der Waals surface area contributed by atoms with Crippen LogP contribution in [0.5, 0.6) is 0 Å². The van der Waals surface area contributed by atoms with Crippen LogP contribution < -0.4 is 5.32 Å². The second-order valence-electron chi connectivity index (χ2n) is 9.01. The molecule has 5 heterocycles. The third-order valence-corrected chi connectivity index (χ3v) is 8.02. The largest absolute Gasteiger partial charge is 0.330 e. The average Bonchev–Trinajstić information content (AvgIpc) is 3.58. The smallest absolute Gasteiger partial charge is 0.276 e. The lowest BCUT2D eigenvalue weighted by atomic mass is 10.0. The second kappa shape index (κ2) is 8.12. The topological polar surface area (TPSA) is 118 Å². The zero-order chi connectivity index (χ0) is 24.3. The highest BCUT2D eigenvalue weighted by atomic mass is 32.1. The Balaban J connectivity index is 1.21. The molecule has 3 aromatic rings. The molecule has 2 atom stereocenters. The minimum Gasteiger partial charge on any atom is -0.330 e. The molecule has 0 radical (unpaired) electrons. The summed E-state index contributed by atoms with van der Waals surface area (Å²) in [7, 11) is 0. The molecule has 3 aliphatic heterocycles. The molecule has 1 fully saturated rings. The van der Waals surface area contributed by atoms with Gasteiger partial charge in [0.05, 0.1) is 17.9 Å². The van der Waals surface area contributed by atoms with Crippen LogP contribution in [0.15, 0.2) is 35.8 Å². The summed E-state index contributed by atoms with van der Waals surface area (Å²) < 4.78 is 1.53. The average molecular weight is 491 g/mol. The van der Waals surface area contributed by atoms with Crippen LogP contribution >= 0.6 is 11.3 Å². The van der Waals surface area contributed by atoms with Crippen molar-refractivity contribution in [3.05, 3.63) is 63.1 Å². The lowest BCUT2D eigenvalue weighted by molar-refractivity contribution is -0.136. The van der Waals surface area contributed by atoms with Gasteiger partial charge in [0.1, 0.15) is 6.04 Å². The highest BCUT2D eigenvalue weighted by Crippen LogP contribution is 2.34. The van der Waals surface area contributed by atoms with Crippen LogP contribution in [0.1, 0.15) is 62.7 Å². The Labute approximate surface area is 204 Å². The van der Waals surface area contributed by atoms with E-state index >= 15 is 0 Å². The summed E-state index contributed by atoms with van der Waals surface area (Å²) in [4.78, 5) is 54.5. The van der Waals surface area contributed by atoms with E-state index in [1.54, 1.807) is 29.7 Å². The molecule has 0 aliphatic carbocycles. The standard InChI is InChI=1S/C24H22N6O4S/c1-13-16-7-9-35-20(16)6-8-28(13)24(34)18-12-30(27-26-18)15-2-3-17-14(10-15)11-29(23(17)33)19-4-5-21(31)25-22(19)32/h2-3,7,9-10,12-13,19H,4-6,8,11H2,1H3,(H,25,31,32). The summed E-state index contributed by atoms with van der Waals surface area (Å²) >= 11 is 1.72. The van der Waals surface area contributed by atoms with Gasteiger partial charge in [-0.1, -0.05) is 5.21 Å². The molecule has 2 aromatic heterocycles. The lowest BCUT2D eigenvalue weighted by Gasteiger charge is -2.33. The van der Waals surface area contributed by atoms with Crippen molar-refractivity contribution in [1.82, 2.24) is 30.1 Å². The van der Waals surface area contributed by atoms with Crippen LogP contribution in [0.3, 0.4) is 0 Å². The van der Waals surface area contributed by atoms with E-state index in [9.17, 15) is 19.2 Å². The Kier molecular flexibility index (Phi) is 5.03. The number of nitrogens with one attached hydrogen (secondary N) is 1. The quantitative estimate of drug-likeness (QED) is 0.560. The lowest BCUT2D eigenvalue weighted by Crippen LogP contribution is -2.52. The molecule has 1 saturated heterocycles. The molecule has 2 unspecified atom stereocenters. The van der Waals surface area contributed by atoms with Crippen LogP contribution in [0.25, 0.3) is 5.69 Å². The van der Waals surface area contributed by atoms with Gasteiger partial charge in [0.25, 0.3) is 11.8 Å². The summed E-state index contributed by atoms with van der Waals surface area (Å²) in [5.41, 5.74) is 3.39. The van der Waals surface area contributed by atoms with E-state index < -0.39 is 11.9 Å². The number of benzene rings is 1. The Hall–Kier alpha value is -3.86. The van der Waals surface area contributed by atoms with Crippen LogP contribution in [0.2, 0.25) is 0 Å². The van der Waals surface area contributed by atoms with Crippen molar-refractivity contribution < 1.29 is 19.2 Å². The number of hydrogen-bond acceptors (Lipinski definition) is 7. The van der Waals surface area contributed by atoms with E-state index in [-0.39, 0.29) is 42.4 Å². The van der Waals surface area contributed by atoms with Crippen LogP contribution in [0.4, 0.5) is 0 Å². The minimum atomic E-state index is -0.665. The Morgan fingerprint density at radius 3 is 2.86 bits per heavy atom. The number of imide groups is 1. The molecule has 1 aromatic carbocycles. The van der Waals surface area contributed by atoms with E-state index in [4.69, 9.17) is 0 Å². The number of carbonyl (C=O) groups is 4. The third-order valence-electron chi connectivity index (χ3n) is 7.02. The number of hydrogen-bond donors (Lipinski definition) is 1. The van der Waals surface area contributed by atoms with Gasteiger partial charge in [0, 0.05) is 30.0 Å². The van der Waals surface area contributed by atoms with Gasteiger partial charge >= 0.3 is 0 Å². The van der Waals surface area contributed by atoms with E-state index in [1.807, 2.05) is 17.9 Å². The number of thiophene rings is 1. The van der Waals surface area contributed by atoms with Crippen molar-refractivity contribution in [3.63, 3.8) is 0 Å². The van der Waals surface area contributed by atoms with Gasteiger partial charge < -0.3 is 9.80 Å². The Morgan fingerprint density at radius 2 is 2.03 bits per heavy atom. The molecule has 3 aliphatic rings. The molecular weight excluding hydrogens is 468 g/mol. The molecule has 0 spiro atoms. The van der Waals surface area contributed by atoms with E-state index in [2.05, 4.69) is 27.1 Å². The molecule has 11 heteroatoms. The maximum Gasteiger partial charge on any atom is 0.276 e. The Morgan fingerprint density at radius 1 is 1.17 bits per heavy atom. The van der Waals surface area contributed by atoms with Crippen molar-refractivity contribution in [1.29, 1.82) is 0 Å². The van der Waals surface area contributed by atoms with Gasteiger partial charge in [-0.2, -0.15) is 0 Å². The molecule has 4 amide bonds. The summed E-state index contributed by atoms with van der Waals surface area (Å²) in [5.74, 6) is -1.16. The highest BCUT2D eigenvalue weighted by molar-refractivity contribution is 7.10. The molecule has 178 valence electrons. The van der Waals surface area contributed by atoms with Gasteiger partial charge in [-0.05, 0) is 60.5 Å². The molecule has 6 rings (SSSR count). The summed E-state index contributed by atoms with van der Waals surface area (Å²) in [5, 5.41) is 12.6. The van der Waals surface area contributed by atoms with Gasteiger partial charge in [-0.3, -0.25) is 24.5 Å². The summed E-state index contributed by atoms with van der Waals surface area (Å²) in [6.45, 7) is 2.93. The first-order valence-electron chi connectivity index (χ1n) is 11.5. The first-order valence-corrected chi connectivity index (χ1v) is 12.4. The SMILES string of the molecule is CC1c2ccsc2CCN1C(=O)c1cn(-c2ccc3c(c2)CN(C2CCC(=O)NC2=O)C3=O)nn1. The van der Waals surface area contributed by atoms with Crippen molar-refractivity contribution in [2.45, 2.75) is 44.8 Å². The van der Waals surface area contributed by atoms with Gasteiger partial charge in [-0.25, -0.2) is 4.68 Å². The summed E-state index contributed by atoms with van der Waals surface area (Å²) in [6, 6.07) is 6.66. The predicted molar refractivity (Wildman–Crippen MR) is 125 cm³/mol. The van der Waals surface area contributed by atoms with Gasteiger partial charge in [-0.15, -0.1) is 16.4 Å². The van der Waals surface area contributed by atoms with E-state index in [1.165, 1.54) is 20.0 Å². The molecule has 0 bridgehead atoms. The monoisotopic (exact) mass is 490 g/mol.